The lowest BCUT2D eigenvalue weighted by Gasteiger charge is -2.42. The molecule has 0 spiro atoms. The molecule has 1 fully saturated rings. The largest absolute Gasteiger partial charge is 0.327 e. The molecular weight excluding hydrogens is 226 g/mol. The molecule has 0 bridgehead atoms. The van der Waals surface area contributed by atoms with Gasteiger partial charge in [0.05, 0.1) is 5.69 Å². The fourth-order valence-corrected chi connectivity index (χ4v) is 2.89. The van der Waals surface area contributed by atoms with Crippen molar-refractivity contribution in [3.63, 3.8) is 0 Å². The van der Waals surface area contributed by atoms with Gasteiger partial charge in [0.25, 0.3) is 0 Å². The predicted molar refractivity (Wildman–Crippen MR) is 68.3 cm³/mol. The van der Waals surface area contributed by atoms with E-state index in [1.54, 1.807) is 11.0 Å². The molecule has 0 amide bonds. The molecule has 1 aromatic heterocycles. The zero-order valence-corrected chi connectivity index (χ0v) is 10.4. The second kappa shape index (κ2) is 4.49. The van der Waals surface area contributed by atoms with E-state index in [-0.39, 0.29) is 0 Å². The van der Waals surface area contributed by atoms with E-state index in [2.05, 4.69) is 40.6 Å². The molecule has 3 unspecified atom stereocenters. The van der Waals surface area contributed by atoms with E-state index >= 15 is 0 Å². The first-order chi connectivity index (χ1) is 8.79. The van der Waals surface area contributed by atoms with Crippen molar-refractivity contribution in [1.82, 2.24) is 20.2 Å². The maximum absolute atomic E-state index is 6.06. The third-order valence-electron chi connectivity index (χ3n) is 3.98. The fourth-order valence-electron chi connectivity index (χ4n) is 2.89. The van der Waals surface area contributed by atoms with E-state index in [1.165, 1.54) is 5.56 Å². The van der Waals surface area contributed by atoms with Crippen molar-refractivity contribution in [2.24, 2.45) is 11.7 Å². The lowest BCUT2D eigenvalue weighted by Crippen LogP contribution is -2.45. The van der Waals surface area contributed by atoms with Crippen molar-refractivity contribution in [3.05, 3.63) is 36.2 Å². The highest BCUT2D eigenvalue weighted by Gasteiger charge is 2.37. The van der Waals surface area contributed by atoms with Crippen LogP contribution in [-0.2, 0) is 0 Å². The third kappa shape index (κ3) is 1.80. The number of hydrogen-bond acceptors (Lipinski definition) is 4. The lowest BCUT2D eigenvalue weighted by atomic mass is 9.65. The van der Waals surface area contributed by atoms with Gasteiger partial charge < -0.3 is 5.73 Å². The van der Waals surface area contributed by atoms with Crippen LogP contribution in [0.25, 0.3) is 5.69 Å². The molecule has 2 N–H and O–H groups in total. The van der Waals surface area contributed by atoms with Crippen LogP contribution in [0.4, 0.5) is 0 Å². The first-order valence-electron chi connectivity index (χ1n) is 6.38. The lowest BCUT2D eigenvalue weighted by molar-refractivity contribution is 0.198. The van der Waals surface area contributed by atoms with Gasteiger partial charge in [-0.05, 0) is 46.4 Å². The number of rotatable bonds is 3. The molecule has 18 heavy (non-hydrogen) atoms. The molecule has 1 aromatic carbocycles. The number of hydrogen-bond donors (Lipinski definition) is 1. The van der Waals surface area contributed by atoms with Crippen LogP contribution >= 0.6 is 0 Å². The summed E-state index contributed by atoms with van der Waals surface area (Å²) in [6, 6.07) is 8.77. The van der Waals surface area contributed by atoms with E-state index in [9.17, 15) is 0 Å². The number of benzene rings is 1. The first-order valence-corrected chi connectivity index (χ1v) is 6.38. The maximum atomic E-state index is 6.06. The molecule has 3 rings (SSSR count). The molecule has 1 heterocycles. The van der Waals surface area contributed by atoms with Crippen LogP contribution in [-0.4, -0.2) is 26.2 Å². The molecular formula is C13H17N5. The van der Waals surface area contributed by atoms with Crippen molar-refractivity contribution in [2.45, 2.75) is 31.7 Å². The number of nitrogens with two attached hydrogens (primary N) is 1. The van der Waals surface area contributed by atoms with Gasteiger partial charge in [0.15, 0.2) is 0 Å². The van der Waals surface area contributed by atoms with Crippen LogP contribution in [0, 0.1) is 5.92 Å². The van der Waals surface area contributed by atoms with Gasteiger partial charge >= 0.3 is 0 Å². The minimum absolute atomic E-state index is 0.358. The van der Waals surface area contributed by atoms with Gasteiger partial charge in [0.2, 0.25) is 0 Å². The molecule has 1 aliphatic carbocycles. The Hall–Kier alpha value is -1.75. The van der Waals surface area contributed by atoms with Crippen LogP contribution in [0.1, 0.15) is 31.2 Å². The molecule has 1 aliphatic rings. The Morgan fingerprint density at radius 2 is 2.33 bits per heavy atom. The second-order valence-corrected chi connectivity index (χ2v) is 4.93. The third-order valence-corrected chi connectivity index (χ3v) is 3.98. The van der Waals surface area contributed by atoms with Gasteiger partial charge in [-0.2, -0.15) is 0 Å². The Bertz CT molecular complexity index is 522. The van der Waals surface area contributed by atoms with E-state index in [4.69, 9.17) is 5.73 Å². The molecule has 2 aromatic rings. The van der Waals surface area contributed by atoms with Gasteiger partial charge in [-0.1, -0.05) is 25.5 Å². The van der Waals surface area contributed by atoms with Crippen molar-refractivity contribution in [1.29, 1.82) is 0 Å². The number of aromatic nitrogens is 4. The Labute approximate surface area is 106 Å². The van der Waals surface area contributed by atoms with Crippen molar-refractivity contribution in [3.8, 4) is 5.69 Å². The SMILES string of the molecule is CCC1C(N)CC1c1cccc(-n2cnnn2)c1. The molecule has 0 saturated heterocycles. The summed E-state index contributed by atoms with van der Waals surface area (Å²) in [6.45, 7) is 2.21. The summed E-state index contributed by atoms with van der Waals surface area (Å²) in [7, 11) is 0. The summed E-state index contributed by atoms with van der Waals surface area (Å²) in [6.07, 6.45) is 3.83. The first kappa shape index (κ1) is 11.3. The average molecular weight is 243 g/mol. The molecule has 1 saturated carbocycles. The Kier molecular flexibility index (Phi) is 2.83. The molecule has 5 heteroatoms. The van der Waals surface area contributed by atoms with Crippen LogP contribution in [0.2, 0.25) is 0 Å². The highest BCUT2D eigenvalue weighted by molar-refractivity contribution is 5.37. The normalized spacial score (nSPS) is 26.9. The van der Waals surface area contributed by atoms with E-state index in [1.807, 2.05) is 6.07 Å². The monoisotopic (exact) mass is 243 g/mol. The standard InChI is InChI=1S/C13H17N5/c1-2-11-12(7-13(11)14)9-4-3-5-10(6-9)18-8-15-16-17-18/h3-6,8,11-13H,2,7,14H2,1H3. The highest BCUT2D eigenvalue weighted by atomic mass is 15.5. The van der Waals surface area contributed by atoms with E-state index in [0.29, 0.717) is 17.9 Å². The summed E-state index contributed by atoms with van der Waals surface area (Å²) < 4.78 is 1.68. The molecule has 0 aliphatic heterocycles. The van der Waals surface area contributed by atoms with Crippen molar-refractivity contribution in [2.75, 3.05) is 0 Å². The van der Waals surface area contributed by atoms with Gasteiger partial charge in [0, 0.05) is 6.04 Å². The fraction of sp³-hybridized carbons (Fsp3) is 0.462. The van der Waals surface area contributed by atoms with E-state index < -0.39 is 0 Å². The van der Waals surface area contributed by atoms with Crippen molar-refractivity contribution >= 4 is 0 Å². The van der Waals surface area contributed by atoms with Gasteiger partial charge in [-0.15, -0.1) is 5.10 Å². The Balaban J connectivity index is 1.88. The zero-order chi connectivity index (χ0) is 12.5. The quantitative estimate of drug-likeness (QED) is 0.887. The predicted octanol–water partition coefficient (Wildman–Crippen LogP) is 1.50. The van der Waals surface area contributed by atoms with E-state index in [0.717, 1.165) is 18.5 Å². The molecule has 94 valence electrons. The topological polar surface area (TPSA) is 69.6 Å². The number of tetrazole rings is 1. The van der Waals surface area contributed by atoms with Crippen LogP contribution < -0.4 is 5.73 Å². The zero-order valence-electron chi connectivity index (χ0n) is 10.4. The average Bonchev–Trinajstić information content (AvgIpc) is 2.90. The molecule has 0 radical (unpaired) electrons. The summed E-state index contributed by atoms with van der Waals surface area (Å²) in [4.78, 5) is 0. The highest BCUT2D eigenvalue weighted by Crippen LogP contribution is 2.43. The van der Waals surface area contributed by atoms with Gasteiger partial charge in [-0.3, -0.25) is 0 Å². The Morgan fingerprint density at radius 1 is 1.44 bits per heavy atom. The smallest absolute Gasteiger partial charge is 0.143 e. The van der Waals surface area contributed by atoms with Crippen LogP contribution in [0.5, 0.6) is 0 Å². The molecule has 3 atom stereocenters. The van der Waals surface area contributed by atoms with Crippen LogP contribution in [0.3, 0.4) is 0 Å². The molecule has 5 nitrogen and oxygen atoms in total. The van der Waals surface area contributed by atoms with Gasteiger partial charge in [-0.25, -0.2) is 4.68 Å². The van der Waals surface area contributed by atoms with Gasteiger partial charge in [0.1, 0.15) is 6.33 Å². The summed E-state index contributed by atoms with van der Waals surface area (Å²) in [5.41, 5.74) is 8.41. The minimum atomic E-state index is 0.358. The second-order valence-electron chi connectivity index (χ2n) is 4.93. The summed E-state index contributed by atoms with van der Waals surface area (Å²) in [5.74, 6) is 1.19. The minimum Gasteiger partial charge on any atom is -0.327 e. The van der Waals surface area contributed by atoms with Crippen LogP contribution in [0.15, 0.2) is 30.6 Å². The summed E-state index contributed by atoms with van der Waals surface area (Å²) in [5, 5.41) is 11.2. The van der Waals surface area contributed by atoms with Crippen molar-refractivity contribution < 1.29 is 0 Å². The maximum Gasteiger partial charge on any atom is 0.143 e. The Morgan fingerprint density at radius 3 is 3.00 bits per heavy atom. The summed E-state index contributed by atoms with van der Waals surface area (Å²) >= 11 is 0. The number of nitrogens with zero attached hydrogens (tertiary/aromatic N) is 4.